The van der Waals surface area contributed by atoms with Gasteiger partial charge < -0.3 is 9.84 Å². The predicted octanol–water partition coefficient (Wildman–Crippen LogP) is 3.35. The molecule has 0 saturated carbocycles. The topological polar surface area (TPSA) is 42.4 Å². The van der Waals surface area contributed by atoms with Crippen LogP contribution in [-0.4, -0.2) is 17.2 Å². The summed E-state index contributed by atoms with van der Waals surface area (Å²) in [6, 6.07) is 5.83. The van der Waals surface area contributed by atoms with Crippen molar-refractivity contribution in [2.24, 2.45) is 0 Å². The predicted molar refractivity (Wildman–Crippen MR) is 80.1 cm³/mol. The van der Waals surface area contributed by atoms with Crippen LogP contribution in [0.3, 0.4) is 0 Å². The Bertz CT molecular complexity index is 608. The SMILES string of the molecule is CCc1cnccc1C(O)c1ccc(C)c(C)c1OC. The van der Waals surface area contributed by atoms with Crippen molar-refractivity contribution < 1.29 is 9.84 Å². The summed E-state index contributed by atoms with van der Waals surface area (Å²) in [4.78, 5) is 4.12. The van der Waals surface area contributed by atoms with Gasteiger partial charge in [0.25, 0.3) is 0 Å². The zero-order valence-electron chi connectivity index (χ0n) is 12.5. The van der Waals surface area contributed by atoms with E-state index in [1.165, 1.54) is 0 Å². The molecule has 106 valence electrons. The van der Waals surface area contributed by atoms with Crippen molar-refractivity contribution in [3.63, 3.8) is 0 Å². The van der Waals surface area contributed by atoms with Crippen molar-refractivity contribution in [3.8, 4) is 5.75 Å². The molecule has 2 aromatic rings. The van der Waals surface area contributed by atoms with E-state index in [2.05, 4.69) is 11.9 Å². The van der Waals surface area contributed by atoms with Crippen LogP contribution in [0, 0.1) is 13.8 Å². The molecule has 0 fully saturated rings. The first kappa shape index (κ1) is 14.5. The Morgan fingerprint density at radius 2 is 1.95 bits per heavy atom. The summed E-state index contributed by atoms with van der Waals surface area (Å²) >= 11 is 0. The van der Waals surface area contributed by atoms with E-state index in [0.717, 1.165) is 40.0 Å². The van der Waals surface area contributed by atoms with E-state index in [-0.39, 0.29) is 0 Å². The first-order valence-electron chi connectivity index (χ1n) is 6.85. The third-order valence-electron chi connectivity index (χ3n) is 3.82. The molecule has 0 saturated heterocycles. The molecular weight excluding hydrogens is 250 g/mol. The lowest BCUT2D eigenvalue weighted by Crippen LogP contribution is -2.07. The summed E-state index contributed by atoms with van der Waals surface area (Å²) in [5.41, 5.74) is 4.97. The highest BCUT2D eigenvalue weighted by Gasteiger charge is 2.19. The van der Waals surface area contributed by atoms with E-state index in [4.69, 9.17) is 4.74 Å². The fraction of sp³-hybridized carbons (Fsp3) is 0.353. The van der Waals surface area contributed by atoms with Crippen molar-refractivity contribution >= 4 is 0 Å². The second-order valence-corrected chi connectivity index (χ2v) is 4.96. The van der Waals surface area contributed by atoms with E-state index in [0.29, 0.717) is 0 Å². The third kappa shape index (κ3) is 2.54. The van der Waals surface area contributed by atoms with Crippen molar-refractivity contribution in [3.05, 3.63) is 58.4 Å². The van der Waals surface area contributed by atoms with Crippen LogP contribution < -0.4 is 4.74 Å². The first-order chi connectivity index (χ1) is 9.60. The Balaban J connectivity index is 2.53. The molecule has 0 amide bonds. The fourth-order valence-corrected chi connectivity index (χ4v) is 2.46. The quantitative estimate of drug-likeness (QED) is 0.927. The van der Waals surface area contributed by atoms with Crippen molar-refractivity contribution in [2.75, 3.05) is 7.11 Å². The van der Waals surface area contributed by atoms with Gasteiger partial charge in [0, 0.05) is 18.0 Å². The van der Waals surface area contributed by atoms with E-state index in [1.807, 2.05) is 38.2 Å². The lowest BCUT2D eigenvalue weighted by Gasteiger charge is -2.20. The Labute approximate surface area is 120 Å². The second kappa shape index (κ2) is 6.06. The number of pyridine rings is 1. The Hall–Kier alpha value is -1.87. The van der Waals surface area contributed by atoms with E-state index in [1.54, 1.807) is 13.3 Å². The van der Waals surface area contributed by atoms with Crippen LogP contribution in [0.15, 0.2) is 30.6 Å². The van der Waals surface area contributed by atoms with Gasteiger partial charge in [-0.15, -0.1) is 0 Å². The second-order valence-electron chi connectivity index (χ2n) is 4.96. The Kier molecular flexibility index (Phi) is 4.40. The molecule has 1 aromatic heterocycles. The Morgan fingerprint density at radius 3 is 2.60 bits per heavy atom. The zero-order valence-corrected chi connectivity index (χ0v) is 12.5. The average molecular weight is 271 g/mol. The van der Waals surface area contributed by atoms with Crippen molar-refractivity contribution in [1.82, 2.24) is 4.98 Å². The van der Waals surface area contributed by atoms with Crippen molar-refractivity contribution in [2.45, 2.75) is 33.3 Å². The summed E-state index contributed by atoms with van der Waals surface area (Å²) in [6.45, 7) is 6.11. The van der Waals surface area contributed by atoms with E-state index in [9.17, 15) is 5.11 Å². The number of aliphatic hydroxyl groups is 1. The lowest BCUT2D eigenvalue weighted by molar-refractivity contribution is 0.213. The maximum Gasteiger partial charge on any atom is 0.128 e. The number of aryl methyl sites for hydroxylation is 2. The number of ether oxygens (including phenoxy) is 1. The molecule has 0 aliphatic heterocycles. The maximum absolute atomic E-state index is 10.7. The largest absolute Gasteiger partial charge is 0.496 e. The van der Waals surface area contributed by atoms with Gasteiger partial charge in [-0.05, 0) is 48.6 Å². The van der Waals surface area contributed by atoms with Crippen molar-refractivity contribution in [1.29, 1.82) is 0 Å². The number of benzene rings is 1. The van der Waals surface area contributed by atoms with Gasteiger partial charge in [0.2, 0.25) is 0 Å². The monoisotopic (exact) mass is 271 g/mol. The Morgan fingerprint density at radius 1 is 1.20 bits per heavy atom. The number of methoxy groups -OCH3 is 1. The highest BCUT2D eigenvalue weighted by atomic mass is 16.5. The lowest BCUT2D eigenvalue weighted by atomic mass is 9.94. The van der Waals surface area contributed by atoms with Crippen LogP contribution in [0.5, 0.6) is 5.75 Å². The minimum absolute atomic E-state index is 0.692. The summed E-state index contributed by atoms with van der Waals surface area (Å²) < 4.78 is 5.50. The standard InChI is InChI=1S/C17H21NO2/c1-5-13-10-18-9-8-14(13)16(19)15-7-6-11(2)12(3)17(15)20-4/h6-10,16,19H,5H2,1-4H3. The molecule has 1 unspecified atom stereocenters. The molecule has 2 rings (SSSR count). The van der Waals surface area contributed by atoms with Crippen LogP contribution in [0.25, 0.3) is 0 Å². The fourth-order valence-electron chi connectivity index (χ4n) is 2.46. The van der Waals surface area contributed by atoms with Gasteiger partial charge in [0.15, 0.2) is 0 Å². The van der Waals surface area contributed by atoms with Crippen LogP contribution in [0.2, 0.25) is 0 Å². The summed E-state index contributed by atoms with van der Waals surface area (Å²) in [7, 11) is 1.64. The number of hydrogen-bond acceptors (Lipinski definition) is 3. The van der Waals surface area contributed by atoms with Gasteiger partial charge in [-0.1, -0.05) is 19.1 Å². The van der Waals surface area contributed by atoms with Gasteiger partial charge in [0.1, 0.15) is 11.9 Å². The zero-order chi connectivity index (χ0) is 14.7. The van der Waals surface area contributed by atoms with Crippen LogP contribution in [-0.2, 0) is 6.42 Å². The van der Waals surface area contributed by atoms with Gasteiger partial charge in [0.05, 0.1) is 7.11 Å². The normalized spacial score (nSPS) is 12.2. The molecular formula is C17H21NO2. The molecule has 1 N–H and O–H groups in total. The molecule has 1 atom stereocenters. The molecule has 0 aliphatic carbocycles. The smallest absolute Gasteiger partial charge is 0.128 e. The van der Waals surface area contributed by atoms with E-state index < -0.39 is 6.10 Å². The summed E-state index contributed by atoms with van der Waals surface area (Å²) in [6.07, 6.45) is 3.67. The summed E-state index contributed by atoms with van der Waals surface area (Å²) in [5, 5.41) is 10.7. The number of nitrogens with zero attached hydrogens (tertiary/aromatic N) is 1. The maximum atomic E-state index is 10.7. The number of hydrogen-bond donors (Lipinski definition) is 1. The first-order valence-corrected chi connectivity index (χ1v) is 6.85. The third-order valence-corrected chi connectivity index (χ3v) is 3.82. The number of aromatic nitrogens is 1. The molecule has 3 heteroatoms. The molecule has 1 aromatic carbocycles. The number of aliphatic hydroxyl groups excluding tert-OH is 1. The number of rotatable bonds is 4. The van der Waals surface area contributed by atoms with Crippen LogP contribution in [0.4, 0.5) is 0 Å². The molecule has 0 spiro atoms. The summed E-state index contributed by atoms with van der Waals surface area (Å²) in [5.74, 6) is 0.761. The molecule has 0 aliphatic rings. The molecule has 20 heavy (non-hydrogen) atoms. The van der Waals surface area contributed by atoms with Crippen LogP contribution in [0.1, 0.15) is 40.8 Å². The van der Waals surface area contributed by atoms with Gasteiger partial charge in [-0.2, -0.15) is 0 Å². The van der Waals surface area contributed by atoms with Gasteiger partial charge >= 0.3 is 0 Å². The highest BCUT2D eigenvalue weighted by molar-refractivity contribution is 5.49. The van der Waals surface area contributed by atoms with Gasteiger partial charge in [-0.3, -0.25) is 4.98 Å². The molecule has 1 heterocycles. The molecule has 0 radical (unpaired) electrons. The minimum atomic E-state index is -0.692. The minimum Gasteiger partial charge on any atom is -0.496 e. The van der Waals surface area contributed by atoms with E-state index >= 15 is 0 Å². The molecule has 3 nitrogen and oxygen atoms in total. The van der Waals surface area contributed by atoms with Crippen LogP contribution >= 0.6 is 0 Å². The average Bonchev–Trinajstić information content (AvgIpc) is 2.49. The molecule has 0 bridgehead atoms. The van der Waals surface area contributed by atoms with Gasteiger partial charge in [-0.25, -0.2) is 0 Å². The highest BCUT2D eigenvalue weighted by Crippen LogP contribution is 2.35.